The number of nitrogens with one attached hydrogen (secondary N) is 1. The zero-order chi connectivity index (χ0) is 12.4. The average molecular weight is 251 g/mol. The van der Waals surface area contributed by atoms with Crippen LogP contribution in [0.1, 0.15) is 16.8 Å². The fourth-order valence-electron chi connectivity index (χ4n) is 1.50. The molecule has 17 heavy (non-hydrogen) atoms. The molecule has 0 aliphatic rings. The van der Waals surface area contributed by atoms with Gasteiger partial charge in [0.25, 0.3) is 0 Å². The van der Waals surface area contributed by atoms with Crippen molar-refractivity contribution in [2.45, 2.75) is 6.42 Å². The van der Waals surface area contributed by atoms with Crippen molar-refractivity contribution in [2.24, 2.45) is 0 Å². The fraction of sp³-hybridized carbons (Fsp3) is 0.0909. The van der Waals surface area contributed by atoms with E-state index >= 15 is 0 Å². The highest BCUT2D eigenvalue weighted by Crippen LogP contribution is 2.20. The third-order valence-corrected chi connectivity index (χ3v) is 2.64. The Kier molecular flexibility index (Phi) is 2.98. The van der Waals surface area contributed by atoms with E-state index in [9.17, 15) is 4.39 Å². The molecule has 1 heterocycles. The van der Waals surface area contributed by atoms with Crippen molar-refractivity contribution < 1.29 is 4.39 Å². The Balaban J connectivity index is 2.32. The highest BCUT2D eigenvalue weighted by atomic mass is 35.5. The minimum Gasteiger partial charge on any atom is -0.381 e. The molecule has 0 saturated carbocycles. The van der Waals surface area contributed by atoms with Crippen LogP contribution >= 0.6 is 11.6 Å². The van der Waals surface area contributed by atoms with Crippen LogP contribution in [-0.4, -0.2) is 10.2 Å². The molecular weight excluding hydrogens is 243 g/mol. The smallest absolute Gasteiger partial charge is 0.163 e. The van der Waals surface area contributed by atoms with E-state index in [4.69, 9.17) is 22.6 Å². The van der Waals surface area contributed by atoms with Gasteiger partial charge in [-0.05, 0) is 17.7 Å². The van der Waals surface area contributed by atoms with Gasteiger partial charge in [0.1, 0.15) is 17.4 Å². The molecule has 0 aliphatic carbocycles. The molecule has 0 unspecified atom stereocenters. The molecule has 0 atom stereocenters. The molecule has 1 aromatic carbocycles. The molecule has 0 amide bonds. The van der Waals surface area contributed by atoms with Gasteiger partial charge in [-0.15, -0.1) is 0 Å². The number of aromatic nitrogens is 2. The van der Waals surface area contributed by atoms with Crippen LogP contribution in [0.5, 0.6) is 0 Å². The maximum absolute atomic E-state index is 13.0. The lowest BCUT2D eigenvalue weighted by Crippen LogP contribution is -1.93. The first-order chi connectivity index (χ1) is 8.11. The molecule has 4 nitrogen and oxygen atoms in total. The first kappa shape index (κ1) is 11.4. The minimum atomic E-state index is -0.472. The second-order valence-electron chi connectivity index (χ2n) is 3.50. The number of nitrogen functional groups attached to an aromatic ring is 1. The van der Waals surface area contributed by atoms with Gasteiger partial charge in [0.05, 0.1) is 10.7 Å². The summed E-state index contributed by atoms with van der Waals surface area (Å²) < 4.78 is 13.0. The molecule has 0 radical (unpaired) electrons. The van der Waals surface area contributed by atoms with Crippen LogP contribution in [0.2, 0.25) is 5.02 Å². The van der Waals surface area contributed by atoms with Crippen molar-refractivity contribution in [3.8, 4) is 6.07 Å². The van der Waals surface area contributed by atoms with E-state index in [0.29, 0.717) is 17.7 Å². The molecule has 2 rings (SSSR count). The van der Waals surface area contributed by atoms with E-state index in [-0.39, 0.29) is 10.8 Å². The van der Waals surface area contributed by atoms with Gasteiger partial charge in [-0.25, -0.2) is 4.39 Å². The summed E-state index contributed by atoms with van der Waals surface area (Å²) in [5.41, 5.74) is 7.18. The highest BCUT2D eigenvalue weighted by Gasteiger charge is 2.11. The third kappa shape index (κ3) is 2.22. The Bertz CT molecular complexity index is 600. The third-order valence-electron chi connectivity index (χ3n) is 2.35. The van der Waals surface area contributed by atoms with E-state index < -0.39 is 5.82 Å². The van der Waals surface area contributed by atoms with Gasteiger partial charge in [-0.2, -0.15) is 10.4 Å². The van der Waals surface area contributed by atoms with Crippen molar-refractivity contribution in [2.75, 3.05) is 5.73 Å². The lowest BCUT2D eigenvalue weighted by atomic mass is 10.1. The molecule has 6 heteroatoms. The molecular formula is C11H8ClFN4. The van der Waals surface area contributed by atoms with Crippen LogP contribution in [0.3, 0.4) is 0 Å². The Labute approximate surface area is 102 Å². The molecule has 3 N–H and O–H groups in total. The Morgan fingerprint density at radius 2 is 2.29 bits per heavy atom. The van der Waals surface area contributed by atoms with Crippen molar-refractivity contribution >= 4 is 17.4 Å². The average Bonchev–Trinajstić information content (AvgIpc) is 2.64. The normalized spacial score (nSPS) is 10.2. The van der Waals surface area contributed by atoms with Gasteiger partial charge < -0.3 is 5.73 Å². The van der Waals surface area contributed by atoms with Crippen LogP contribution < -0.4 is 5.73 Å². The summed E-state index contributed by atoms with van der Waals surface area (Å²) in [6.45, 7) is 0. The lowest BCUT2D eigenvalue weighted by molar-refractivity contribution is 0.627. The Hall–Kier alpha value is -2.06. The highest BCUT2D eigenvalue weighted by molar-refractivity contribution is 6.30. The monoisotopic (exact) mass is 250 g/mol. The second-order valence-corrected chi connectivity index (χ2v) is 3.91. The number of nitriles is 1. The largest absolute Gasteiger partial charge is 0.381 e. The van der Waals surface area contributed by atoms with E-state index in [1.165, 1.54) is 12.1 Å². The van der Waals surface area contributed by atoms with Crippen LogP contribution in [-0.2, 0) is 6.42 Å². The van der Waals surface area contributed by atoms with Crippen molar-refractivity contribution in [3.63, 3.8) is 0 Å². The van der Waals surface area contributed by atoms with Gasteiger partial charge in [-0.1, -0.05) is 17.7 Å². The molecule has 0 spiro atoms. The summed E-state index contributed by atoms with van der Waals surface area (Å²) in [5, 5.41) is 15.4. The van der Waals surface area contributed by atoms with E-state index in [1.807, 2.05) is 6.07 Å². The number of benzene rings is 1. The number of H-pyrrole nitrogens is 1. The summed E-state index contributed by atoms with van der Waals surface area (Å²) in [6.07, 6.45) is 0.396. The zero-order valence-electron chi connectivity index (χ0n) is 8.67. The molecule has 0 aliphatic heterocycles. The van der Waals surface area contributed by atoms with Gasteiger partial charge in [0.15, 0.2) is 5.82 Å². The van der Waals surface area contributed by atoms with Gasteiger partial charge >= 0.3 is 0 Å². The topological polar surface area (TPSA) is 78.5 Å². The number of rotatable bonds is 2. The number of hydrogen-bond donors (Lipinski definition) is 2. The van der Waals surface area contributed by atoms with Gasteiger partial charge in [0, 0.05) is 6.42 Å². The summed E-state index contributed by atoms with van der Waals surface area (Å²) >= 11 is 5.67. The van der Waals surface area contributed by atoms with Gasteiger partial charge in [0.2, 0.25) is 0 Å². The van der Waals surface area contributed by atoms with Crippen LogP contribution in [0.25, 0.3) is 0 Å². The molecule has 86 valence electrons. The molecule has 1 aromatic heterocycles. The minimum absolute atomic E-state index is 0.0495. The SMILES string of the molecule is N#Cc1c(N)n[nH]c1Cc1ccc(F)c(Cl)c1. The fourth-order valence-corrected chi connectivity index (χ4v) is 1.70. The quantitative estimate of drug-likeness (QED) is 0.858. The second kappa shape index (κ2) is 4.44. The van der Waals surface area contributed by atoms with E-state index in [0.717, 1.165) is 5.56 Å². The Morgan fingerprint density at radius 3 is 2.94 bits per heavy atom. The van der Waals surface area contributed by atoms with Crippen molar-refractivity contribution in [3.05, 3.63) is 45.9 Å². The molecule has 2 aromatic rings. The standard InChI is InChI=1S/C11H8ClFN4/c12-8-3-6(1-2-9(8)13)4-10-7(5-14)11(15)17-16-10/h1-3H,4H2,(H3,15,16,17). The molecule has 0 fully saturated rings. The number of halogens is 2. The summed E-state index contributed by atoms with van der Waals surface area (Å²) in [4.78, 5) is 0. The summed E-state index contributed by atoms with van der Waals surface area (Å²) in [7, 11) is 0. The summed E-state index contributed by atoms with van der Waals surface area (Å²) in [5.74, 6) is -0.309. The number of hydrogen-bond acceptors (Lipinski definition) is 3. The van der Waals surface area contributed by atoms with Crippen LogP contribution in [0, 0.1) is 17.1 Å². The maximum Gasteiger partial charge on any atom is 0.163 e. The first-order valence-electron chi connectivity index (χ1n) is 4.78. The van der Waals surface area contributed by atoms with E-state index in [1.54, 1.807) is 6.07 Å². The predicted molar refractivity (Wildman–Crippen MR) is 61.9 cm³/mol. The van der Waals surface area contributed by atoms with E-state index in [2.05, 4.69) is 10.2 Å². The maximum atomic E-state index is 13.0. The Morgan fingerprint density at radius 1 is 1.53 bits per heavy atom. The lowest BCUT2D eigenvalue weighted by Gasteiger charge is -2.01. The first-order valence-corrected chi connectivity index (χ1v) is 5.16. The number of nitrogens with zero attached hydrogens (tertiary/aromatic N) is 2. The molecule has 0 saturated heterocycles. The number of aromatic amines is 1. The van der Waals surface area contributed by atoms with Crippen LogP contribution in [0.15, 0.2) is 18.2 Å². The number of nitrogens with two attached hydrogens (primary N) is 1. The van der Waals surface area contributed by atoms with Crippen molar-refractivity contribution in [1.29, 1.82) is 5.26 Å². The number of anilines is 1. The van der Waals surface area contributed by atoms with Crippen LogP contribution in [0.4, 0.5) is 10.2 Å². The zero-order valence-corrected chi connectivity index (χ0v) is 9.42. The summed E-state index contributed by atoms with van der Waals surface area (Å²) in [6, 6.07) is 6.35. The van der Waals surface area contributed by atoms with Crippen molar-refractivity contribution in [1.82, 2.24) is 10.2 Å². The van der Waals surface area contributed by atoms with Gasteiger partial charge in [-0.3, -0.25) is 5.10 Å². The predicted octanol–water partition coefficient (Wildman–Crippen LogP) is 2.25. The molecule has 0 bridgehead atoms.